The second-order valence-electron chi connectivity index (χ2n) is 14.5. The van der Waals surface area contributed by atoms with Gasteiger partial charge in [-0.05, 0) is 75.7 Å². The van der Waals surface area contributed by atoms with Gasteiger partial charge in [-0.3, -0.25) is 9.59 Å². The number of thiol groups is 1. The van der Waals surface area contributed by atoms with E-state index < -0.39 is 43.8 Å². The summed E-state index contributed by atoms with van der Waals surface area (Å²) in [5.74, 6) is -0.460. The third-order valence-corrected chi connectivity index (χ3v) is 6.67. The molecule has 0 aromatic rings. The molecule has 0 heterocycles. The van der Waals surface area contributed by atoms with Gasteiger partial charge in [-0.1, -0.05) is 0 Å². The fourth-order valence-electron chi connectivity index (χ4n) is 3.72. The van der Waals surface area contributed by atoms with Crippen molar-refractivity contribution < 1.29 is 79.5 Å². The van der Waals surface area contributed by atoms with E-state index in [-0.39, 0.29) is 74.7 Å². The van der Waals surface area contributed by atoms with Gasteiger partial charge in [0.1, 0.15) is 5.60 Å². The van der Waals surface area contributed by atoms with Crippen LogP contribution in [0.1, 0.15) is 94.9 Å². The molecule has 0 aliphatic heterocycles. The first-order valence-electron chi connectivity index (χ1n) is 14.8. The van der Waals surface area contributed by atoms with Crippen molar-refractivity contribution in [3.63, 3.8) is 0 Å². The van der Waals surface area contributed by atoms with E-state index in [0.717, 1.165) is 0 Å². The van der Waals surface area contributed by atoms with Crippen LogP contribution < -0.4 is 21.3 Å². The van der Waals surface area contributed by atoms with Gasteiger partial charge in [0.25, 0.3) is 0 Å². The smallest absolute Gasteiger partial charge is 0.525 e. The van der Waals surface area contributed by atoms with Gasteiger partial charge in [0.2, 0.25) is 11.8 Å². The normalized spacial score (nSPS) is 13.9. The van der Waals surface area contributed by atoms with Crippen molar-refractivity contribution in [2.45, 2.75) is 122 Å². The molecule has 269 valence electrons. The van der Waals surface area contributed by atoms with Gasteiger partial charge < -0.3 is 40.3 Å². The van der Waals surface area contributed by atoms with Crippen LogP contribution in [0.5, 0.6) is 0 Å². The van der Waals surface area contributed by atoms with Crippen molar-refractivity contribution in [1.82, 2.24) is 21.3 Å². The molecule has 1 atom stereocenters. The van der Waals surface area contributed by atoms with Gasteiger partial charge in [0.15, 0.2) is 0 Å². The Morgan fingerprint density at radius 3 is 1.73 bits per heavy atom. The first-order valence-corrected chi connectivity index (χ1v) is 15.3. The third kappa shape index (κ3) is 21.3. The summed E-state index contributed by atoms with van der Waals surface area (Å²) in [5.41, 5.74) is -2.96. The number of hydrogen-bond donors (Lipinski definition) is 5. The number of carbonyl (C=O) groups excluding carboxylic acids is 5. The number of urea groups is 1. The average molecular weight is 817 g/mol. The van der Waals surface area contributed by atoms with Gasteiger partial charge in [-0.25, -0.2) is 4.79 Å². The molecule has 0 fully saturated rings. The number of quaternary nitrogens is 1. The van der Waals surface area contributed by atoms with Gasteiger partial charge in [0, 0.05) is 68.5 Å². The SMILES string of the molecule is CC(C)(CCOC(C)(C)CC(=O)NC(C)(S)CCOC(C)(C)CC(=O)NCCN[C-]=O)NC(=O)[N+](C)(C)C(=O)OC(C)(C)C.[Tm]. The quantitative estimate of drug-likeness (QED) is 0.0353. The molecule has 0 spiro atoms. The first-order chi connectivity index (χ1) is 19.7. The Hall–Kier alpha value is -1.19. The predicted molar refractivity (Wildman–Crippen MR) is 172 cm³/mol. The van der Waals surface area contributed by atoms with Crippen molar-refractivity contribution >= 4 is 43.0 Å². The topological polar surface area (TPSA) is 161 Å². The molecule has 0 saturated heterocycles. The number of hydrogen-bond acceptors (Lipinski definition) is 9. The minimum atomic E-state index is -0.867. The number of amides is 6. The van der Waals surface area contributed by atoms with Crippen molar-refractivity contribution in [3.05, 3.63) is 0 Å². The van der Waals surface area contributed by atoms with Crippen LogP contribution in [0, 0.1) is 36.9 Å². The largest absolute Gasteiger partial charge is 0.528 e. The molecule has 0 rings (SSSR count). The molecule has 0 aliphatic rings. The first kappa shape index (κ1) is 45.9. The Morgan fingerprint density at radius 2 is 1.24 bits per heavy atom. The van der Waals surface area contributed by atoms with Gasteiger partial charge in [0.05, 0.1) is 49.6 Å². The fourth-order valence-corrected chi connectivity index (χ4v) is 3.94. The van der Waals surface area contributed by atoms with E-state index in [4.69, 9.17) is 14.2 Å². The maximum absolute atomic E-state index is 12.9. The molecule has 6 amide bonds. The molecule has 15 heteroatoms. The van der Waals surface area contributed by atoms with E-state index in [0.29, 0.717) is 25.9 Å². The molecule has 0 aromatic carbocycles. The minimum Gasteiger partial charge on any atom is -0.528 e. The van der Waals surface area contributed by atoms with Crippen LogP contribution >= 0.6 is 12.6 Å². The molecule has 0 saturated carbocycles. The second-order valence-corrected chi connectivity index (χ2v) is 15.5. The van der Waals surface area contributed by atoms with Crippen molar-refractivity contribution in [3.8, 4) is 0 Å². The summed E-state index contributed by atoms with van der Waals surface area (Å²) in [5, 5.41) is 10.8. The zero-order valence-corrected chi connectivity index (χ0v) is 31.8. The summed E-state index contributed by atoms with van der Waals surface area (Å²) in [7, 11) is 2.94. The van der Waals surface area contributed by atoms with E-state index in [1.165, 1.54) is 14.1 Å². The monoisotopic (exact) mass is 816 g/mol. The Kier molecular flexibility index (Phi) is 19.4. The molecular formula is C30H57N5O8STm. The van der Waals surface area contributed by atoms with E-state index in [9.17, 15) is 24.0 Å². The van der Waals surface area contributed by atoms with Crippen LogP contribution in [-0.2, 0) is 28.6 Å². The Morgan fingerprint density at radius 1 is 0.756 bits per heavy atom. The molecule has 1 unspecified atom stereocenters. The summed E-state index contributed by atoms with van der Waals surface area (Å²) in [6.45, 7) is 19.0. The van der Waals surface area contributed by atoms with Crippen LogP contribution in [0.25, 0.3) is 0 Å². The van der Waals surface area contributed by atoms with E-state index in [1.807, 2.05) is 13.8 Å². The van der Waals surface area contributed by atoms with Gasteiger partial charge in [-0.15, -0.1) is 4.48 Å². The van der Waals surface area contributed by atoms with E-state index >= 15 is 0 Å². The fraction of sp³-hybridized carbons (Fsp3) is 0.833. The van der Waals surface area contributed by atoms with Crippen LogP contribution in [0.3, 0.4) is 0 Å². The predicted octanol–water partition coefficient (Wildman–Crippen LogP) is 3.17. The standard InChI is InChI=1S/C30H57N5O8S.Tm/c1-26(2,3)43-25(40)35(11,12)24(39)34-27(4,5)13-17-41-29(8,9)20-23(38)33-30(10,44)14-18-42-28(6,7)19-22(37)32-16-15-31-21-36;/h44H,13-20H2,1-12H3,(H,31,36)(H,32,37)(H,33,38)(H,34,39);. The average Bonchev–Trinajstić information content (AvgIpc) is 2.78. The molecule has 0 bridgehead atoms. The Bertz CT molecular complexity index is 997. The molecule has 0 aliphatic carbocycles. The van der Waals surface area contributed by atoms with E-state index in [2.05, 4.69) is 33.9 Å². The van der Waals surface area contributed by atoms with Crippen LogP contribution in [-0.4, -0.2) is 102 Å². The molecular weight excluding hydrogens is 759 g/mol. The molecule has 0 aromatic heterocycles. The summed E-state index contributed by atoms with van der Waals surface area (Å²) in [4.78, 5) is 59.7. The summed E-state index contributed by atoms with van der Waals surface area (Å²) in [6, 6.07) is -0.505. The van der Waals surface area contributed by atoms with Crippen LogP contribution in [0.2, 0.25) is 0 Å². The number of ether oxygens (including phenoxy) is 3. The number of imide groups is 1. The van der Waals surface area contributed by atoms with E-state index in [1.54, 1.807) is 61.8 Å². The zero-order chi connectivity index (χ0) is 34.6. The van der Waals surface area contributed by atoms with Crippen molar-refractivity contribution in [2.75, 3.05) is 40.4 Å². The van der Waals surface area contributed by atoms with Crippen LogP contribution in [0.15, 0.2) is 0 Å². The molecule has 1 radical (unpaired) electrons. The summed E-state index contributed by atoms with van der Waals surface area (Å²) in [6.07, 6.45) is 1.90. The summed E-state index contributed by atoms with van der Waals surface area (Å²) >= 11 is 4.60. The maximum atomic E-state index is 12.9. The summed E-state index contributed by atoms with van der Waals surface area (Å²) < 4.78 is 16.7. The number of nitrogens with one attached hydrogen (secondary N) is 4. The number of carbonyl (C=O) groups is 4. The van der Waals surface area contributed by atoms with Gasteiger partial charge in [-0.2, -0.15) is 23.8 Å². The minimum absolute atomic E-state index is 0. The second kappa shape index (κ2) is 19.0. The van der Waals surface area contributed by atoms with Gasteiger partial charge >= 0.3 is 12.1 Å². The Balaban J connectivity index is 0. The third-order valence-electron chi connectivity index (χ3n) is 6.33. The number of nitrogens with zero attached hydrogens (tertiary/aromatic N) is 1. The zero-order valence-electron chi connectivity index (χ0n) is 29.1. The van der Waals surface area contributed by atoms with Crippen LogP contribution in [0.4, 0.5) is 9.59 Å². The maximum Gasteiger partial charge on any atom is 0.525 e. The molecule has 4 N–H and O–H groups in total. The van der Waals surface area contributed by atoms with Crippen molar-refractivity contribution in [2.24, 2.45) is 0 Å². The Labute approximate surface area is 304 Å². The molecule has 45 heavy (non-hydrogen) atoms. The number of rotatable bonds is 18. The van der Waals surface area contributed by atoms with Crippen molar-refractivity contribution in [1.29, 1.82) is 0 Å². The molecule has 13 nitrogen and oxygen atoms in total.